The number of Topliss-reactive ketones (excluding diaryl/α,β-unsaturated/α-hetero) is 2. The van der Waals surface area contributed by atoms with Crippen LogP contribution in [-0.4, -0.2) is 16.6 Å². The molecule has 0 unspecified atom stereocenters. The van der Waals surface area contributed by atoms with E-state index in [9.17, 15) is 9.59 Å². The van der Waals surface area contributed by atoms with Gasteiger partial charge in [0.25, 0.3) is 0 Å². The molecule has 0 aromatic carbocycles. The summed E-state index contributed by atoms with van der Waals surface area (Å²) in [7, 11) is 0. The third-order valence-corrected chi connectivity index (χ3v) is 6.15. The summed E-state index contributed by atoms with van der Waals surface area (Å²) in [6.45, 7) is 8.46. The largest absolute Gasteiger partial charge is 0.362 e. The number of pyridine rings is 1. The van der Waals surface area contributed by atoms with Crippen LogP contribution in [0.1, 0.15) is 64.9 Å². The highest BCUT2D eigenvalue weighted by Gasteiger charge is 2.46. The molecule has 4 rings (SSSR count). The van der Waals surface area contributed by atoms with Crippen LogP contribution in [0.2, 0.25) is 5.02 Å². The molecular weight excluding hydrogens is 360 g/mol. The quantitative estimate of drug-likeness (QED) is 0.761. The minimum atomic E-state index is -0.390. The van der Waals surface area contributed by atoms with Gasteiger partial charge in [-0.2, -0.15) is 0 Å². The fourth-order valence-electron chi connectivity index (χ4n) is 4.82. The first-order valence-corrected chi connectivity index (χ1v) is 9.85. The second kappa shape index (κ2) is 6.03. The van der Waals surface area contributed by atoms with Gasteiger partial charge in [0.2, 0.25) is 0 Å². The molecule has 4 nitrogen and oxygen atoms in total. The Morgan fingerprint density at radius 3 is 1.96 bits per heavy atom. The summed E-state index contributed by atoms with van der Waals surface area (Å²) in [6, 6.07) is 1.84. The van der Waals surface area contributed by atoms with E-state index in [2.05, 4.69) is 38.0 Å². The molecule has 2 aliphatic carbocycles. The fraction of sp³-hybridized carbons (Fsp3) is 0.500. The Morgan fingerprint density at radius 2 is 1.48 bits per heavy atom. The molecule has 0 spiro atoms. The standard InChI is InChI=1S/C22H25ClN2O2/c1-21(2)7-14-19(16(26)9-21)18(12-5-6-24-11-13(12)23)20-15(25-14)8-22(3,4)10-17(20)27/h5-6,11,18,25H,7-10H2,1-4H3. The number of rotatable bonds is 1. The lowest BCUT2D eigenvalue weighted by molar-refractivity contribution is -0.119. The average Bonchev–Trinajstić information content (AvgIpc) is 2.51. The van der Waals surface area contributed by atoms with Gasteiger partial charge < -0.3 is 5.32 Å². The van der Waals surface area contributed by atoms with Crippen molar-refractivity contribution in [2.45, 2.75) is 59.3 Å². The second-order valence-corrected chi connectivity index (χ2v) is 10.0. The molecule has 0 atom stereocenters. The minimum absolute atomic E-state index is 0.0955. The average molecular weight is 385 g/mol. The molecule has 1 N–H and O–H groups in total. The zero-order valence-electron chi connectivity index (χ0n) is 16.3. The Balaban J connectivity index is 1.94. The number of halogens is 1. The predicted molar refractivity (Wildman–Crippen MR) is 105 cm³/mol. The van der Waals surface area contributed by atoms with Gasteiger partial charge in [0.05, 0.1) is 5.02 Å². The lowest BCUT2D eigenvalue weighted by atomic mass is 9.64. The molecule has 1 aliphatic heterocycles. The lowest BCUT2D eigenvalue weighted by Crippen LogP contribution is -2.42. The molecule has 5 heteroatoms. The van der Waals surface area contributed by atoms with Crippen LogP contribution >= 0.6 is 11.6 Å². The fourth-order valence-corrected chi connectivity index (χ4v) is 5.05. The molecule has 1 aromatic rings. The highest BCUT2D eigenvalue weighted by molar-refractivity contribution is 6.31. The highest BCUT2D eigenvalue weighted by Crippen LogP contribution is 2.51. The Morgan fingerprint density at radius 1 is 0.963 bits per heavy atom. The Hall–Kier alpha value is -1.94. The number of ketones is 2. The first kappa shape index (κ1) is 18.4. The lowest BCUT2D eigenvalue weighted by Gasteiger charge is -2.44. The normalized spacial score (nSPS) is 24.5. The van der Waals surface area contributed by atoms with Crippen LogP contribution in [0.4, 0.5) is 0 Å². The van der Waals surface area contributed by atoms with E-state index >= 15 is 0 Å². The molecule has 0 amide bonds. The third-order valence-electron chi connectivity index (χ3n) is 5.83. The summed E-state index contributed by atoms with van der Waals surface area (Å²) in [5, 5.41) is 4.01. The van der Waals surface area contributed by atoms with Crippen LogP contribution in [-0.2, 0) is 9.59 Å². The highest BCUT2D eigenvalue weighted by atomic mass is 35.5. The van der Waals surface area contributed by atoms with Crippen LogP contribution in [0.15, 0.2) is 41.0 Å². The summed E-state index contributed by atoms with van der Waals surface area (Å²) < 4.78 is 0. The van der Waals surface area contributed by atoms with Crippen molar-refractivity contribution in [1.29, 1.82) is 0 Å². The number of hydrogen-bond acceptors (Lipinski definition) is 4. The van der Waals surface area contributed by atoms with Crippen LogP contribution in [0.5, 0.6) is 0 Å². The Labute approximate surface area is 165 Å². The molecule has 0 saturated heterocycles. The number of dihydropyridines is 1. The van der Waals surface area contributed by atoms with Crippen LogP contribution < -0.4 is 5.32 Å². The number of nitrogens with one attached hydrogen (secondary N) is 1. The van der Waals surface area contributed by atoms with Gasteiger partial charge in [-0.1, -0.05) is 39.3 Å². The summed E-state index contributed by atoms with van der Waals surface area (Å²) in [5.74, 6) is -0.175. The molecule has 27 heavy (non-hydrogen) atoms. The molecule has 0 radical (unpaired) electrons. The maximum atomic E-state index is 13.2. The summed E-state index contributed by atoms with van der Waals surface area (Å²) in [5.41, 5.74) is 3.96. The van der Waals surface area contributed by atoms with Gasteiger partial charge in [-0.05, 0) is 35.3 Å². The van der Waals surface area contributed by atoms with Crippen molar-refractivity contribution in [2.24, 2.45) is 10.8 Å². The first-order valence-electron chi connectivity index (χ1n) is 9.47. The first-order chi connectivity index (χ1) is 12.6. The SMILES string of the molecule is CC1(C)CC(=O)C2=C(C1)NC1=C(C(=O)CC(C)(C)C1)C2c1ccncc1Cl. The van der Waals surface area contributed by atoms with Gasteiger partial charge in [-0.15, -0.1) is 0 Å². The molecule has 142 valence electrons. The van der Waals surface area contributed by atoms with Gasteiger partial charge in [0, 0.05) is 53.7 Å². The van der Waals surface area contributed by atoms with Crippen molar-refractivity contribution in [3.05, 3.63) is 51.6 Å². The van der Waals surface area contributed by atoms with E-state index < -0.39 is 0 Å². The monoisotopic (exact) mass is 384 g/mol. The van der Waals surface area contributed by atoms with Crippen molar-refractivity contribution in [2.75, 3.05) is 0 Å². The molecule has 0 bridgehead atoms. The number of aromatic nitrogens is 1. The Bertz CT molecular complexity index is 872. The van der Waals surface area contributed by atoms with E-state index in [4.69, 9.17) is 11.6 Å². The summed E-state index contributed by atoms with van der Waals surface area (Å²) >= 11 is 6.48. The van der Waals surface area contributed by atoms with E-state index in [0.29, 0.717) is 29.0 Å². The molecule has 1 aromatic heterocycles. The maximum Gasteiger partial charge on any atom is 0.162 e. The summed E-state index contributed by atoms with van der Waals surface area (Å²) in [6.07, 6.45) is 5.81. The predicted octanol–water partition coefficient (Wildman–Crippen LogP) is 4.71. The van der Waals surface area contributed by atoms with E-state index in [-0.39, 0.29) is 28.3 Å². The number of carbonyl (C=O) groups is 2. The van der Waals surface area contributed by atoms with E-state index in [1.54, 1.807) is 12.4 Å². The molecule has 3 aliphatic rings. The maximum absolute atomic E-state index is 13.2. The van der Waals surface area contributed by atoms with Gasteiger partial charge in [-0.3, -0.25) is 14.6 Å². The number of allylic oxidation sites excluding steroid dienone is 4. The number of carbonyl (C=O) groups excluding carboxylic acids is 2. The van der Waals surface area contributed by atoms with Crippen molar-refractivity contribution in [1.82, 2.24) is 10.3 Å². The van der Waals surface area contributed by atoms with Crippen molar-refractivity contribution in [3.8, 4) is 0 Å². The topological polar surface area (TPSA) is 59.1 Å². The van der Waals surface area contributed by atoms with E-state index in [0.717, 1.165) is 29.8 Å². The third kappa shape index (κ3) is 3.14. The van der Waals surface area contributed by atoms with E-state index in [1.807, 2.05) is 6.07 Å². The van der Waals surface area contributed by atoms with Gasteiger partial charge in [0.15, 0.2) is 11.6 Å². The molecule has 0 saturated carbocycles. The van der Waals surface area contributed by atoms with E-state index in [1.165, 1.54) is 0 Å². The van der Waals surface area contributed by atoms with Crippen LogP contribution in [0.25, 0.3) is 0 Å². The number of nitrogens with zero attached hydrogens (tertiary/aromatic N) is 1. The summed E-state index contributed by atoms with van der Waals surface area (Å²) in [4.78, 5) is 30.4. The molecular formula is C22H25ClN2O2. The zero-order chi connectivity index (χ0) is 19.6. The molecule has 2 heterocycles. The smallest absolute Gasteiger partial charge is 0.162 e. The van der Waals surface area contributed by atoms with Gasteiger partial charge in [-0.25, -0.2) is 0 Å². The van der Waals surface area contributed by atoms with Crippen molar-refractivity contribution in [3.63, 3.8) is 0 Å². The minimum Gasteiger partial charge on any atom is -0.362 e. The van der Waals surface area contributed by atoms with Crippen molar-refractivity contribution < 1.29 is 9.59 Å². The van der Waals surface area contributed by atoms with Crippen LogP contribution in [0, 0.1) is 10.8 Å². The van der Waals surface area contributed by atoms with Crippen LogP contribution in [0.3, 0.4) is 0 Å². The van der Waals surface area contributed by atoms with Crippen molar-refractivity contribution >= 4 is 23.2 Å². The van der Waals surface area contributed by atoms with Gasteiger partial charge >= 0.3 is 0 Å². The second-order valence-electron chi connectivity index (χ2n) is 9.62. The Kier molecular flexibility index (Phi) is 4.12. The molecule has 0 fully saturated rings. The number of hydrogen-bond donors (Lipinski definition) is 1. The van der Waals surface area contributed by atoms with Gasteiger partial charge in [0.1, 0.15) is 0 Å². The zero-order valence-corrected chi connectivity index (χ0v) is 17.0.